The zero-order valence-electron chi connectivity index (χ0n) is 18.2. The van der Waals surface area contributed by atoms with Gasteiger partial charge in [0.1, 0.15) is 11.9 Å². The molecule has 0 aliphatic carbocycles. The van der Waals surface area contributed by atoms with Gasteiger partial charge in [0.15, 0.2) is 0 Å². The summed E-state index contributed by atoms with van der Waals surface area (Å²) in [6.07, 6.45) is 5.27. The fourth-order valence-electron chi connectivity index (χ4n) is 3.56. The molecule has 32 heavy (non-hydrogen) atoms. The van der Waals surface area contributed by atoms with Gasteiger partial charge in [0, 0.05) is 30.1 Å². The first-order chi connectivity index (χ1) is 15.6. The number of aromatic amines is 1. The molecule has 0 fully saturated rings. The highest BCUT2D eigenvalue weighted by Crippen LogP contribution is 2.21. The third kappa shape index (κ3) is 5.28. The minimum Gasteiger partial charge on any atom is -0.309 e. The van der Waals surface area contributed by atoms with Gasteiger partial charge in [0.25, 0.3) is 0 Å². The van der Waals surface area contributed by atoms with Crippen molar-refractivity contribution in [2.45, 2.75) is 25.8 Å². The molecule has 0 spiro atoms. The molecule has 162 valence electrons. The molecule has 4 rings (SSSR count). The van der Waals surface area contributed by atoms with Crippen LogP contribution < -0.4 is 10.6 Å². The van der Waals surface area contributed by atoms with Gasteiger partial charge >= 0.3 is 0 Å². The highest BCUT2D eigenvalue weighted by Gasteiger charge is 2.21. The number of carbonyl (C=O) groups excluding carboxylic acids is 1. The molecule has 0 saturated carbocycles. The van der Waals surface area contributed by atoms with Crippen molar-refractivity contribution < 1.29 is 4.79 Å². The Balaban J connectivity index is 1.46. The first-order valence-electron chi connectivity index (χ1n) is 10.7. The monoisotopic (exact) mass is 425 g/mol. The minimum absolute atomic E-state index is 0.143. The highest BCUT2D eigenvalue weighted by atomic mass is 16.2. The number of H-pyrrole nitrogens is 1. The van der Waals surface area contributed by atoms with Gasteiger partial charge in [-0.2, -0.15) is 5.10 Å². The van der Waals surface area contributed by atoms with Crippen molar-refractivity contribution in [3.63, 3.8) is 0 Å². The van der Waals surface area contributed by atoms with Crippen LogP contribution in [0.4, 0.5) is 5.82 Å². The molecule has 0 aliphatic rings. The standard InChI is InChI=1S/C26H27N5O/c1-18-8-10-20(11-9-18)19(2)14-28-25(21-6-4-3-5-7-21)26(32)31-24-13-12-22(15-27-24)23-16-29-30-17-23/h3-13,15-17,19,25,28H,14H2,1-2H3,(H,29,30)(H,27,31,32)/t19-,25-/m1/s1. The van der Waals surface area contributed by atoms with Crippen LogP contribution >= 0.6 is 0 Å². The Morgan fingerprint density at radius 2 is 1.72 bits per heavy atom. The largest absolute Gasteiger partial charge is 0.309 e. The molecule has 2 aromatic carbocycles. The van der Waals surface area contributed by atoms with Crippen LogP contribution in [0.1, 0.15) is 35.6 Å². The third-order valence-electron chi connectivity index (χ3n) is 5.52. The summed E-state index contributed by atoms with van der Waals surface area (Å²) in [6.45, 7) is 4.91. The molecule has 0 unspecified atom stereocenters. The summed E-state index contributed by atoms with van der Waals surface area (Å²) in [4.78, 5) is 17.6. The van der Waals surface area contributed by atoms with Gasteiger partial charge in [-0.05, 0) is 36.1 Å². The summed E-state index contributed by atoms with van der Waals surface area (Å²) in [5.74, 6) is 0.634. The normalized spacial score (nSPS) is 12.8. The Bertz CT molecular complexity index is 1120. The Morgan fingerprint density at radius 1 is 0.938 bits per heavy atom. The predicted octanol–water partition coefficient (Wildman–Crippen LogP) is 4.85. The molecule has 0 saturated heterocycles. The van der Waals surface area contributed by atoms with Gasteiger partial charge < -0.3 is 10.6 Å². The van der Waals surface area contributed by atoms with Crippen LogP contribution in [-0.4, -0.2) is 27.6 Å². The lowest BCUT2D eigenvalue weighted by atomic mass is 9.98. The number of carbonyl (C=O) groups is 1. The number of pyridine rings is 1. The lowest BCUT2D eigenvalue weighted by Crippen LogP contribution is -2.35. The summed E-state index contributed by atoms with van der Waals surface area (Å²) in [5.41, 5.74) is 5.27. The van der Waals surface area contributed by atoms with E-state index in [-0.39, 0.29) is 11.8 Å². The number of nitrogens with one attached hydrogen (secondary N) is 3. The van der Waals surface area contributed by atoms with E-state index in [4.69, 9.17) is 0 Å². The van der Waals surface area contributed by atoms with Crippen LogP contribution in [0.3, 0.4) is 0 Å². The quantitative estimate of drug-likeness (QED) is 0.377. The fraction of sp³-hybridized carbons (Fsp3) is 0.192. The van der Waals surface area contributed by atoms with E-state index in [9.17, 15) is 4.79 Å². The molecule has 2 aromatic heterocycles. The maximum atomic E-state index is 13.2. The second-order valence-electron chi connectivity index (χ2n) is 7.97. The molecule has 1 amide bonds. The van der Waals surface area contributed by atoms with Crippen molar-refractivity contribution in [2.24, 2.45) is 0 Å². The molecule has 2 heterocycles. The van der Waals surface area contributed by atoms with E-state index in [1.807, 2.05) is 36.4 Å². The maximum Gasteiger partial charge on any atom is 0.247 e. The van der Waals surface area contributed by atoms with E-state index in [0.29, 0.717) is 12.4 Å². The maximum absolute atomic E-state index is 13.2. The van der Waals surface area contributed by atoms with Crippen molar-refractivity contribution in [3.8, 4) is 11.1 Å². The summed E-state index contributed by atoms with van der Waals surface area (Å²) in [7, 11) is 0. The van der Waals surface area contributed by atoms with Gasteiger partial charge in [0.2, 0.25) is 5.91 Å². The first kappa shape index (κ1) is 21.5. The summed E-state index contributed by atoms with van der Waals surface area (Å²) in [5, 5.41) is 13.1. The van der Waals surface area contributed by atoms with E-state index in [0.717, 1.165) is 16.7 Å². The molecule has 0 aliphatic heterocycles. The van der Waals surface area contributed by atoms with Crippen LogP contribution in [0.15, 0.2) is 85.3 Å². The van der Waals surface area contributed by atoms with Crippen molar-refractivity contribution in [2.75, 3.05) is 11.9 Å². The van der Waals surface area contributed by atoms with Gasteiger partial charge in [-0.15, -0.1) is 0 Å². The highest BCUT2D eigenvalue weighted by molar-refractivity contribution is 5.95. The molecular weight excluding hydrogens is 398 g/mol. The van der Waals surface area contributed by atoms with E-state index in [2.05, 4.69) is 63.9 Å². The number of hydrogen-bond acceptors (Lipinski definition) is 4. The molecule has 6 nitrogen and oxygen atoms in total. The molecule has 6 heteroatoms. The van der Waals surface area contributed by atoms with Crippen LogP contribution in [-0.2, 0) is 4.79 Å². The third-order valence-corrected chi connectivity index (χ3v) is 5.52. The van der Waals surface area contributed by atoms with E-state index in [1.165, 1.54) is 11.1 Å². The molecule has 2 atom stereocenters. The molecule has 0 radical (unpaired) electrons. The summed E-state index contributed by atoms with van der Waals surface area (Å²) in [6, 6.07) is 21.5. The van der Waals surface area contributed by atoms with Crippen molar-refractivity contribution in [1.29, 1.82) is 0 Å². The van der Waals surface area contributed by atoms with Gasteiger partial charge in [0.05, 0.1) is 6.20 Å². The summed E-state index contributed by atoms with van der Waals surface area (Å²) < 4.78 is 0. The number of aryl methyl sites for hydroxylation is 1. The average Bonchev–Trinajstić information content (AvgIpc) is 3.36. The first-order valence-corrected chi connectivity index (χ1v) is 10.7. The van der Waals surface area contributed by atoms with E-state index in [1.54, 1.807) is 24.7 Å². The number of hydrogen-bond donors (Lipinski definition) is 3. The summed E-state index contributed by atoms with van der Waals surface area (Å²) >= 11 is 0. The number of anilines is 1. The van der Waals surface area contributed by atoms with Gasteiger partial charge in [-0.1, -0.05) is 67.1 Å². The Kier molecular flexibility index (Phi) is 6.72. The number of aromatic nitrogens is 3. The number of amides is 1. The zero-order chi connectivity index (χ0) is 22.3. The SMILES string of the molecule is Cc1ccc([C@H](C)CN[C@@H](C(=O)Nc2ccc(-c3cn[nH]c3)cn2)c2ccccc2)cc1. The Hall–Kier alpha value is -3.77. The second-order valence-corrected chi connectivity index (χ2v) is 7.97. The van der Waals surface area contributed by atoms with Crippen molar-refractivity contribution in [1.82, 2.24) is 20.5 Å². The smallest absolute Gasteiger partial charge is 0.247 e. The average molecular weight is 426 g/mol. The van der Waals surface area contributed by atoms with E-state index < -0.39 is 6.04 Å². The number of rotatable bonds is 8. The Labute approximate surface area is 188 Å². The lowest BCUT2D eigenvalue weighted by Gasteiger charge is -2.21. The van der Waals surface area contributed by atoms with Crippen LogP contribution in [0.5, 0.6) is 0 Å². The van der Waals surface area contributed by atoms with Crippen molar-refractivity contribution in [3.05, 3.63) is 102 Å². The number of nitrogens with zero attached hydrogens (tertiary/aromatic N) is 2. The molecule has 4 aromatic rings. The Morgan fingerprint density at radius 3 is 2.38 bits per heavy atom. The van der Waals surface area contributed by atoms with Gasteiger partial charge in [-0.25, -0.2) is 4.98 Å². The zero-order valence-corrected chi connectivity index (χ0v) is 18.2. The topological polar surface area (TPSA) is 82.7 Å². The van der Waals surface area contributed by atoms with Crippen LogP contribution in [0.25, 0.3) is 11.1 Å². The number of benzene rings is 2. The van der Waals surface area contributed by atoms with Crippen LogP contribution in [0, 0.1) is 6.92 Å². The second kappa shape index (κ2) is 10.0. The minimum atomic E-state index is -0.487. The van der Waals surface area contributed by atoms with E-state index >= 15 is 0 Å². The molecule has 0 bridgehead atoms. The predicted molar refractivity (Wildman–Crippen MR) is 127 cm³/mol. The van der Waals surface area contributed by atoms with Crippen molar-refractivity contribution >= 4 is 11.7 Å². The fourth-order valence-corrected chi connectivity index (χ4v) is 3.56. The van der Waals surface area contributed by atoms with Gasteiger partial charge in [-0.3, -0.25) is 9.89 Å². The molecule has 3 N–H and O–H groups in total. The molecular formula is C26H27N5O. The lowest BCUT2D eigenvalue weighted by molar-refractivity contribution is -0.118. The van der Waals surface area contributed by atoms with Crippen LogP contribution in [0.2, 0.25) is 0 Å².